The van der Waals surface area contributed by atoms with E-state index in [9.17, 15) is 9.90 Å². The van der Waals surface area contributed by atoms with Crippen LogP contribution in [0.3, 0.4) is 0 Å². The molecule has 1 aromatic carbocycles. The molecule has 0 saturated heterocycles. The molecule has 5 rings (SSSR count). The lowest BCUT2D eigenvalue weighted by Gasteiger charge is -2.27. The van der Waals surface area contributed by atoms with Crippen molar-refractivity contribution in [1.82, 2.24) is 29.7 Å². The fourth-order valence-electron chi connectivity index (χ4n) is 4.80. The third-order valence-corrected chi connectivity index (χ3v) is 7.72. The quantitative estimate of drug-likeness (QED) is 0.200. The average Bonchev–Trinajstić information content (AvgIpc) is 3.48. The van der Waals surface area contributed by atoms with Gasteiger partial charge in [0.15, 0.2) is 5.65 Å². The fraction of sp³-hybridized carbons (Fsp3) is 0.480. The number of aliphatic hydroxyl groups excluding tert-OH is 1. The summed E-state index contributed by atoms with van der Waals surface area (Å²) in [5, 5.41) is 16.9. The lowest BCUT2D eigenvalue weighted by molar-refractivity contribution is 0.265. The Bertz CT molecular complexity index is 1400. The van der Waals surface area contributed by atoms with Gasteiger partial charge in [0.1, 0.15) is 11.2 Å². The van der Waals surface area contributed by atoms with Gasteiger partial charge in [-0.1, -0.05) is 65.7 Å². The van der Waals surface area contributed by atoms with Crippen LogP contribution < -0.4 is 11.1 Å². The number of hydrogen-bond acceptors (Lipinski definition) is 8. The number of aliphatic hydroxyl groups is 1. The molecule has 36 heavy (non-hydrogen) atoms. The van der Waals surface area contributed by atoms with E-state index >= 15 is 0 Å². The van der Waals surface area contributed by atoms with E-state index in [2.05, 4.69) is 66.7 Å². The Morgan fingerprint density at radius 1 is 1.25 bits per heavy atom. The monoisotopic (exact) mass is 603 g/mol. The minimum absolute atomic E-state index is 0.0220. The summed E-state index contributed by atoms with van der Waals surface area (Å²) in [5.74, 6) is 1.65. The molecule has 1 aliphatic rings. The second-order valence-electron chi connectivity index (χ2n) is 9.75. The summed E-state index contributed by atoms with van der Waals surface area (Å²) in [6, 6.07) is 8.06. The highest BCUT2D eigenvalue weighted by molar-refractivity contribution is 14.1. The van der Waals surface area contributed by atoms with Crippen LogP contribution in [0, 0.1) is 11.8 Å². The number of nitrogens with one attached hydrogen (secondary N) is 2. The molecule has 190 valence electrons. The van der Waals surface area contributed by atoms with Gasteiger partial charge in [0.2, 0.25) is 17.6 Å². The molecule has 0 amide bonds. The number of aromatic amines is 1. The molecule has 3 aromatic heterocycles. The molecule has 0 radical (unpaired) electrons. The van der Waals surface area contributed by atoms with Crippen LogP contribution in [0.2, 0.25) is 0 Å². The summed E-state index contributed by atoms with van der Waals surface area (Å²) < 4.78 is 7.75. The topological polar surface area (TPSA) is 135 Å². The number of halogens is 1. The highest BCUT2D eigenvalue weighted by Gasteiger charge is 2.26. The van der Waals surface area contributed by atoms with Crippen molar-refractivity contribution in [3.63, 3.8) is 0 Å². The maximum atomic E-state index is 11.6. The minimum Gasteiger partial charge on any atom is -0.394 e. The van der Waals surface area contributed by atoms with Gasteiger partial charge in [0, 0.05) is 22.6 Å². The Labute approximate surface area is 222 Å². The number of rotatable bonds is 8. The minimum atomic E-state index is -0.668. The van der Waals surface area contributed by atoms with E-state index < -0.39 is 5.76 Å². The Balaban J connectivity index is 1.72. The predicted octanol–water partition coefficient (Wildman–Crippen LogP) is 4.39. The average molecular weight is 603 g/mol. The summed E-state index contributed by atoms with van der Waals surface area (Å²) in [5.41, 5.74) is 4.14. The number of anilines is 1. The maximum absolute atomic E-state index is 11.6. The van der Waals surface area contributed by atoms with E-state index in [1.165, 1.54) is 18.4 Å². The van der Waals surface area contributed by atoms with Gasteiger partial charge in [-0.3, -0.25) is 9.51 Å². The summed E-state index contributed by atoms with van der Waals surface area (Å²) in [4.78, 5) is 28.5. The van der Waals surface area contributed by atoms with Gasteiger partial charge in [-0.2, -0.15) is 4.98 Å². The number of imidazole rings is 1. The second kappa shape index (κ2) is 10.7. The summed E-state index contributed by atoms with van der Waals surface area (Å²) in [7, 11) is 0. The first-order chi connectivity index (χ1) is 17.4. The normalized spacial score (nSPS) is 19.0. The Hall–Kier alpha value is -2.80. The van der Waals surface area contributed by atoms with Crippen molar-refractivity contribution in [2.45, 2.75) is 56.5 Å². The molecule has 0 aliphatic heterocycles. The van der Waals surface area contributed by atoms with E-state index in [0.29, 0.717) is 23.2 Å². The first-order valence-corrected chi connectivity index (χ1v) is 13.8. The number of nitrogens with zero attached hydrogens (tertiary/aromatic N) is 5. The van der Waals surface area contributed by atoms with Crippen LogP contribution in [-0.2, 0) is 11.0 Å². The van der Waals surface area contributed by atoms with Gasteiger partial charge in [0.05, 0.1) is 6.61 Å². The number of H-pyrrole nitrogens is 1. The molecule has 1 atom stereocenters. The fourth-order valence-corrected chi connectivity index (χ4v) is 5.27. The molecule has 0 spiro atoms. The highest BCUT2D eigenvalue weighted by Crippen LogP contribution is 2.35. The first kappa shape index (κ1) is 24.9. The zero-order valence-electron chi connectivity index (χ0n) is 20.4. The zero-order valence-corrected chi connectivity index (χ0v) is 22.5. The first-order valence-electron chi connectivity index (χ1n) is 12.3. The van der Waals surface area contributed by atoms with Crippen molar-refractivity contribution in [2.24, 2.45) is 11.8 Å². The zero-order chi connectivity index (χ0) is 25.2. The molecule has 1 saturated carbocycles. The molecule has 0 bridgehead atoms. The highest BCUT2D eigenvalue weighted by atomic mass is 127. The van der Waals surface area contributed by atoms with Gasteiger partial charge in [0.25, 0.3) is 0 Å². The number of aromatic nitrogens is 6. The van der Waals surface area contributed by atoms with Crippen molar-refractivity contribution < 1.29 is 9.63 Å². The summed E-state index contributed by atoms with van der Waals surface area (Å²) >= 11 is 2.35. The molecule has 3 heterocycles. The van der Waals surface area contributed by atoms with Crippen molar-refractivity contribution in [3.05, 3.63) is 40.4 Å². The molecular weight excluding hydrogens is 573 g/mol. The molecule has 0 unspecified atom stereocenters. The van der Waals surface area contributed by atoms with E-state index in [-0.39, 0.29) is 24.3 Å². The largest absolute Gasteiger partial charge is 0.439 e. The van der Waals surface area contributed by atoms with Gasteiger partial charge in [-0.25, -0.2) is 14.8 Å². The van der Waals surface area contributed by atoms with Crippen LogP contribution >= 0.6 is 22.6 Å². The van der Waals surface area contributed by atoms with E-state index in [4.69, 9.17) is 14.5 Å². The van der Waals surface area contributed by atoms with Gasteiger partial charge < -0.3 is 15.0 Å². The van der Waals surface area contributed by atoms with Crippen LogP contribution in [0.15, 0.2) is 33.6 Å². The Kier molecular flexibility index (Phi) is 7.37. The van der Waals surface area contributed by atoms with Crippen molar-refractivity contribution in [2.75, 3.05) is 11.9 Å². The Morgan fingerprint density at radius 2 is 2.06 bits per heavy atom. The van der Waals surface area contributed by atoms with Crippen LogP contribution in [0.1, 0.15) is 45.1 Å². The molecule has 11 heteroatoms. The van der Waals surface area contributed by atoms with Crippen molar-refractivity contribution >= 4 is 39.7 Å². The van der Waals surface area contributed by atoms with Crippen LogP contribution in [0.5, 0.6) is 0 Å². The standard InChI is InChI=1S/C25H30IN7O3/c1-14-6-8-16(9-7-14)12-33-20-19(18-5-3-4-17(10-18)11-26)28-22(23-31-25(35)36-32-23)29-21(20)30-24(33)27-15(2)13-34/h3-5,10,14-16,34H,6-9,11-13H2,1-2H3,(H,31,32,35)(H,27,28,29,30)/t14?,15-,16?/m1/s1. The summed E-state index contributed by atoms with van der Waals surface area (Å²) in [6.45, 7) is 4.99. The van der Waals surface area contributed by atoms with E-state index in [1.807, 2.05) is 19.1 Å². The smallest absolute Gasteiger partial charge is 0.394 e. The lowest BCUT2D eigenvalue weighted by atomic mass is 9.83. The predicted molar refractivity (Wildman–Crippen MR) is 146 cm³/mol. The van der Waals surface area contributed by atoms with Crippen LogP contribution in [-0.4, -0.2) is 47.4 Å². The molecule has 3 N–H and O–H groups in total. The van der Waals surface area contributed by atoms with Gasteiger partial charge in [-0.05, 0) is 43.2 Å². The third-order valence-electron chi connectivity index (χ3n) is 6.84. The third kappa shape index (κ3) is 5.17. The number of alkyl halides is 1. The van der Waals surface area contributed by atoms with Gasteiger partial charge >= 0.3 is 5.76 Å². The van der Waals surface area contributed by atoms with Crippen LogP contribution in [0.25, 0.3) is 34.1 Å². The summed E-state index contributed by atoms with van der Waals surface area (Å²) in [6.07, 6.45) is 4.76. The molecule has 4 aromatic rings. The molecule has 1 fully saturated rings. The SMILES string of the molecule is CC1CCC(Cn2c(N[C@H](C)CO)nc3nc(-c4noc(=O)[nH]4)nc(-c4cccc(CI)c4)c32)CC1. The Morgan fingerprint density at radius 3 is 2.75 bits per heavy atom. The maximum Gasteiger partial charge on any atom is 0.439 e. The molecule has 1 aliphatic carbocycles. The molecule has 10 nitrogen and oxygen atoms in total. The number of hydrogen-bond donors (Lipinski definition) is 3. The van der Waals surface area contributed by atoms with Crippen LogP contribution in [0.4, 0.5) is 5.95 Å². The van der Waals surface area contributed by atoms with Gasteiger partial charge in [-0.15, -0.1) is 0 Å². The lowest BCUT2D eigenvalue weighted by Crippen LogP contribution is -2.24. The van der Waals surface area contributed by atoms with E-state index in [1.54, 1.807) is 0 Å². The number of benzene rings is 1. The van der Waals surface area contributed by atoms with Crippen molar-refractivity contribution in [1.29, 1.82) is 0 Å². The van der Waals surface area contributed by atoms with Crippen molar-refractivity contribution in [3.8, 4) is 22.9 Å². The second-order valence-corrected chi connectivity index (χ2v) is 10.5. The molecular formula is C25H30IN7O3. The van der Waals surface area contributed by atoms with E-state index in [0.717, 1.165) is 40.8 Å². The number of fused-ring (bicyclic) bond motifs is 1.